The van der Waals surface area contributed by atoms with Gasteiger partial charge < -0.3 is 15.2 Å². The number of carbonyl (C=O) groups is 1. The summed E-state index contributed by atoms with van der Waals surface area (Å²) in [4.78, 5) is 30.5. The number of halogens is 2. The molecule has 1 aliphatic heterocycles. The minimum absolute atomic E-state index is 0.0543. The second kappa shape index (κ2) is 7.19. The van der Waals surface area contributed by atoms with E-state index in [1.54, 1.807) is 18.5 Å². The summed E-state index contributed by atoms with van der Waals surface area (Å²) in [7, 11) is 0. The lowest BCUT2D eigenvalue weighted by molar-refractivity contribution is -0.137. The number of amides is 1. The fourth-order valence-electron chi connectivity index (χ4n) is 4.02. The number of hydrogen-bond acceptors (Lipinski definition) is 5. The number of aromatic amines is 1. The summed E-state index contributed by atoms with van der Waals surface area (Å²) in [5.74, 6) is 0.207. The first-order valence-electron chi connectivity index (χ1n) is 10.1. The normalized spacial score (nSPS) is 20.4. The van der Waals surface area contributed by atoms with Crippen LogP contribution in [0.2, 0.25) is 5.02 Å². The summed E-state index contributed by atoms with van der Waals surface area (Å²) in [6, 6.07) is 1.72. The number of piperidine rings is 1. The van der Waals surface area contributed by atoms with Gasteiger partial charge in [0.05, 0.1) is 11.2 Å². The van der Waals surface area contributed by atoms with Crippen LogP contribution < -0.4 is 5.32 Å². The van der Waals surface area contributed by atoms with Gasteiger partial charge in [-0.2, -0.15) is 0 Å². The lowest BCUT2D eigenvalue weighted by Gasteiger charge is -2.35. The third-order valence-electron chi connectivity index (χ3n) is 6.05. The van der Waals surface area contributed by atoms with Crippen molar-refractivity contribution < 1.29 is 9.18 Å². The molecule has 1 saturated heterocycles. The predicted molar refractivity (Wildman–Crippen MR) is 113 cm³/mol. The van der Waals surface area contributed by atoms with E-state index in [4.69, 9.17) is 11.6 Å². The van der Waals surface area contributed by atoms with Gasteiger partial charge in [-0.05, 0) is 31.7 Å². The third-order valence-corrected chi connectivity index (χ3v) is 6.26. The van der Waals surface area contributed by atoms with Crippen LogP contribution in [0.1, 0.15) is 32.6 Å². The first kappa shape index (κ1) is 19.2. The van der Waals surface area contributed by atoms with Gasteiger partial charge in [0.15, 0.2) is 17.5 Å². The number of pyridine rings is 1. The maximum absolute atomic E-state index is 14.5. The van der Waals surface area contributed by atoms with Crippen molar-refractivity contribution in [1.82, 2.24) is 24.8 Å². The van der Waals surface area contributed by atoms with Crippen LogP contribution >= 0.6 is 11.6 Å². The number of nitrogens with zero attached hydrogens (tertiary/aromatic N) is 4. The molecule has 3 aromatic heterocycles. The Morgan fingerprint density at radius 3 is 3.00 bits per heavy atom. The molecule has 9 heteroatoms. The molecule has 30 heavy (non-hydrogen) atoms. The Morgan fingerprint density at radius 1 is 1.37 bits per heavy atom. The van der Waals surface area contributed by atoms with Gasteiger partial charge >= 0.3 is 0 Å². The lowest BCUT2D eigenvalue weighted by Crippen LogP contribution is -2.47. The average molecular weight is 429 g/mol. The van der Waals surface area contributed by atoms with E-state index in [0.717, 1.165) is 37.6 Å². The average Bonchev–Trinajstić information content (AvgIpc) is 3.36. The molecule has 2 fully saturated rings. The zero-order valence-corrected chi connectivity index (χ0v) is 17.3. The molecule has 2 N–H and O–H groups in total. The number of carbonyl (C=O) groups excluding carboxylic acids is 1. The number of fused-ring (bicyclic) bond motifs is 1. The molecule has 0 bridgehead atoms. The molecule has 1 unspecified atom stereocenters. The second-order valence-electron chi connectivity index (χ2n) is 8.44. The molecule has 1 aliphatic carbocycles. The first-order valence-corrected chi connectivity index (χ1v) is 10.5. The molecule has 7 nitrogen and oxygen atoms in total. The maximum Gasteiger partial charge on any atom is 0.228 e. The highest BCUT2D eigenvalue weighted by Crippen LogP contribution is 2.46. The molecule has 1 atom stereocenters. The van der Waals surface area contributed by atoms with E-state index >= 15 is 0 Å². The number of anilines is 1. The summed E-state index contributed by atoms with van der Waals surface area (Å²) in [5.41, 5.74) is 1.16. The van der Waals surface area contributed by atoms with E-state index in [9.17, 15) is 9.18 Å². The third kappa shape index (κ3) is 3.49. The monoisotopic (exact) mass is 428 g/mol. The maximum atomic E-state index is 14.5. The van der Waals surface area contributed by atoms with Crippen LogP contribution in [0, 0.1) is 11.2 Å². The lowest BCUT2D eigenvalue weighted by atomic mass is 10.0. The van der Waals surface area contributed by atoms with Gasteiger partial charge in [0.25, 0.3) is 0 Å². The summed E-state index contributed by atoms with van der Waals surface area (Å²) >= 11 is 6.07. The fourth-order valence-corrected chi connectivity index (χ4v) is 4.17. The molecule has 5 rings (SSSR count). The molecule has 0 spiro atoms. The van der Waals surface area contributed by atoms with Crippen LogP contribution in [0.4, 0.5) is 10.2 Å². The quantitative estimate of drug-likeness (QED) is 0.655. The smallest absolute Gasteiger partial charge is 0.228 e. The van der Waals surface area contributed by atoms with Gasteiger partial charge in [-0.3, -0.25) is 4.79 Å². The highest BCUT2D eigenvalue weighted by molar-refractivity contribution is 6.31. The van der Waals surface area contributed by atoms with Crippen molar-refractivity contribution >= 4 is 34.4 Å². The fraction of sp³-hybridized carbons (Fsp3) is 0.429. The Bertz CT molecular complexity index is 1130. The van der Waals surface area contributed by atoms with E-state index in [2.05, 4.69) is 25.3 Å². The molecular formula is C21H22ClFN6O. The number of rotatable bonds is 4. The van der Waals surface area contributed by atoms with E-state index in [1.165, 1.54) is 6.20 Å². The summed E-state index contributed by atoms with van der Waals surface area (Å²) in [6.45, 7) is 3.33. The molecule has 0 radical (unpaired) electrons. The van der Waals surface area contributed by atoms with Crippen molar-refractivity contribution in [3.63, 3.8) is 0 Å². The van der Waals surface area contributed by atoms with Crippen LogP contribution in [-0.4, -0.2) is 49.9 Å². The van der Waals surface area contributed by atoms with Gasteiger partial charge in [0.1, 0.15) is 5.65 Å². The first-order chi connectivity index (χ1) is 14.4. The van der Waals surface area contributed by atoms with Gasteiger partial charge in [0, 0.05) is 47.9 Å². The minimum Gasteiger partial charge on any atom is -0.363 e. The molecule has 4 heterocycles. The van der Waals surface area contributed by atoms with E-state index < -0.39 is 5.82 Å². The standard InChI is InChI=1S/C21H22ClFN6O/c1-21(4-5-21)20(30)29-6-2-3-13(11-29)27-19-16(23)10-26-18(28-19)15-9-25-17-14(15)7-12(22)8-24-17/h7-10,13H,2-6,11H2,1H3,(H,24,25)(H,26,27,28). The van der Waals surface area contributed by atoms with Crippen LogP contribution in [0.3, 0.4) is 0 Å². The Kier molecular flexibility index (Phi) is 4.61. The van der Waals surface area contributed by atoms with Crippen molar-refractivity contribution in [3.05, 3.63) is 35.5 Å². The Morgan fingerprint density at radius 2 is 2.20 bits per heavy atom. The van der Waals surface area contributed by atoms with Crippen molar-refractivity contribution in [3.8, 4) is 11.4 Å². The van der Waals surface area contributed by atoms with Crippen molar-refractivity contribution in [1.29, 1.82) is 0 Å². The van der Waals surface area contributed by atoms with E-state index in [1.807, 2.05) is 11.8 Å². The van der Waals surface area contributed by atoms with Gasteiger partial charge in [-0.1, -0.05) is 18.5 Å². The van der Waals surface area contributed by atoms with Crippen LogP contribution in [0.5, 0.6) is 0 Å². The Balaban J connectivity index is 1.38. The topological polar surface area (TPSA) is 86.8 Å². The summed E-state index contributed by atoms with van der Waals surface area (Å²) < 4.78 is 14.5. The largest absolute Gasteiger partial charge is 0.363 e. The number of nitrogens with one attached hydrogen (secondary N) is 2. The molecule has 3 aromatic rings. The Hall–Kier alpha value is -2.74. The number of likely N-dealkylation sites (tertiary alicyclic amines) is 1. The van der Waals surface area contributed by atoms with E-state index in [-0.39, 0.29) is 23.2 Å². The van der Waals surface area contributed by atoms with Crippen molar-refractivity contribution in [2.24, 2.45) is 5.41 Å². The number of aromatic nitrogens is 4. The van der Waals surface area contributed by atoms with Gasteiger partial charge in [0.2, 0.25) is 5.91 Å². The van der Waals surface area contributed by atoms with E-state index in [0.29, 0.717) is 28.6 Å². The van der Waals surface area contributed by atoms with Crippen molar-refractivity contribution in [2.75, 3.05) is 18.4 Å². The molecule has 2 aliphatic rings. The summed E-state index contributed by atoms with van der Waals surface area (Å²) in [6.07, 6.45) is 8.10. The molecule has 1 saturated carbocycles. The highest BCUT2D eigenvalue weighted by atomic mass is 35.5. The van der Waals surface area contributed by atoms with Crippen LogP contribution in [-0.2, 0) is 4.79 Å². The predicted octanol–water partition coefficient (Wildman–Crippen LogP) is 4.02. The van der Waals surface area contributed by atoms with Gasteiger partial charge in [-0.15, -0.1) is 0 Å². The number of hydrogen-bond donors (Lipinski definition) is 2. The molecular weight excluding hydrogens is 407 g/mol. The highest BCUT2D eigenvalue weighted by Gasteiger charge is 2.47. The van der Waals surface area contributed by atoms with Crippen molar-refractivity contribution in [2.45, 2.75) is 38.6 Å². The zero-order valence-electron chi connectivity index (χ0n) is 16.6. The second-order valence-corrected chi connectivity index (χ2v) is 8.87. The van der Waals surface area contributed by atoms with Gasteiger partial charge in [-0.25, -0.2) is 19.3 Å². The van der Waals surface area contributed by atoms with Crippen LogP contribution in [0.15, 0.2) is 24.7 Å². The van der Waals surface area contributed by atoms with Crippen LogP contribution in [0.25, 0.3) is 22.4 Å². The molecule has 156 valence electrons. The minimum atomic E-state index is -0.521. The molecule has 0 aromatic carbocycles. The Labute approximate surface area is 178 Å². The molecule has 1 amide bonds. The SMILES string of the molecule is CC1(C(=O)N2CCCC(Nc3nc(-c4c[nH]c5ncc(Cl)cc45)ncc3F)C2)CC1. The zero-order chi connectivity index (χ0) is 20.9. The summed E-state index contributed by atoms with van der Waals surface area (Å²) in [5, 5.41) is 4.47. The number of H-pyrrole nitrogens is 1.